The van der Waals surface area contributed by atoms with Crippen LogP contribution in [0.4, 0.5) is 0 Å². The number of alkyl halides is 1. The molecule has 0 bridgehead atoms. The Morgan fingerprint density at radius 2 is 2.07 bits per heavy atom. The molecule has 0 saturated carbocycles. The van der Waals surface area contributed by atoms with Gasteiger partial charge in [0.2, 0.25) is 5.91 Å². The fraction of sp³-hybridized carbons (Fsp3) is 0.900. The summed E-state index contributed by atoms with van der Waals surface area (Å²) in [5, 5.41) is 2.81. The van der Waals surface area contributed by atoms with E-state index < -0.39 is 0 Å². The van der Waals surface area contributed by atoms with E-state index in [0.29, 0.717) is 6.54 Å². The summed E-state index contributed by atoms with van der Waals surface area (Å²) in [5.74, 6) is 0.0403. The van der Waals surface area contributed by atoms with Crippen LogP contribution in [0.15, 0.2) is 0 Å². The monoisotopic (exact) mass is 265 g/mol. The number of unbranched alkanes of at least 4 members (excludes halogenated alkanes) is 1. The molecule has 0 aromatic heterocycles. The number of hydrogen-bond acceptors (Lipinski definition) is 2. The van der Waals surface area contributed by atoms with E-state index in [9.17, 15) is 4.79 Å². The van der Waals surface area contributed by atoms with E-state index in [2.05, 4.69) is 28.2 Å². The predicted molar refractivity (Wildman–Crippen MR) is 61.7 cm³/mol. The highest BCUT2D eigenvalue weighted by atomic mass is 79.9. The number of carbonyl (C=O) groups excluding carboxylic acids is 1. The van der Waals surface area contributed by atoms with Crippen molar-refractivity contribution in [2.24, 2.45) is 0 Å². The van der Waals surface area contributed by atoms with Crippen molar-refractivity contribution in [1.82, 2.24) is 5.32 Å². The SMILES string of the molecule is CCCCOCCCNC(=O)C(C)Br. The molecular weight excluding hydrogens is 246 g/mol. The normalized spacial score (nSPS) is 12.5. The van der Waals surface area contributed by atoms with E-state index >= 15 is 0 Å². The zero-order chi connectivity index (χ0) is 10.8. The van der Waals surface area contributed by atoms with Crippen molar-refractivity contribution < 1.29 is 9.53 Å². The molecule has 0 radical (unpaired) electrons. The van der Waals surface area contributed by atoms with Crippen LogP contribution in [0, 0.1) is 0 Å². The molecule has 14 heavy (non-hydrogen) atoms. The van der Waals surface area contributed by atoms with Crippen molar-refractivity contribution in [3.05, 3.63) is 0 Å². The van der Waals surface area contributed by atoms with Crippen LogP contribution >= 0.6 is 15.9 Å². The highest BCUT2D eigenvalue weighted by molar-refractivity contribution is 9.10. The third-order valence-electron chi connectivity index (χ3n) is 1.77. The van der Waals surface area contributed by atoms with Crippen molar-refractivity contribution in [3.63, 3.8) is 0 Å². The first-order chi connectivity index (χ1) is 6.68. The third kappa shape index (κ3) is 8.51. The molecule has 0 aliphatic rings. The molecule has 0 saturated heterocycles. The number of carbonyl (C=O) groups is 1. The predicted octanol–water partition coefficient (Wildman–Crippen LogP) is 2.09. The maximum Gasteiger partial charge on any atom is 0.233 e. The van der Waals surface area contributed by atoms with Gasteiger partial charge in [-0.3, -0.25) is 4.79 Å². The lowest BCUT2D eigenvalue weighted by Crippen LogP contribution is -2.30. The molecule has 0 fully saturated rings. The van der Waals surface area contributed by atoms with E-state index in [4.69, 9.17) is 4.74 Å². The van der Waals surface area contributed by atoms with E-state index in [1.807, 2.05) is 6.92 Å². The first kappa shape index (κ1) is 13.9. The van der Waals surface area contributed by atoms with Crippen LogP contribution in [0.2, 0.25) is 0 Å². The molecular formula is C10H20BrNO2. The topological polar surface area (TPSA) is 38.3 Å². The third-order valence-corrected chi connectivity index (χ3v) is 2.18. The molecule has 0 heterocycles. The molecule has 0 spiro atoms. The van der Waals surface area contributed by atoms with Crippen molar-refractivity contribution in [2.75, 3.05) is 19.8 Å². The lowest BCUT2D eigenvalue weighted by molar-refractivity contribution is -0.120. The van der Waals surface area contributed by atoms with Crippen LogP contribution in [0.25, 0.3) is 0 Å². The van der Waals surface area contributed by atoms with Gasteiger partial charge in [-0.2, -0.15) is 0 Å². The Morgan fingerprint density at radius 3 is 2.64 bits per heavy atom. The Balaban J connectivity index is 3.10. The minimum absolute atomic E-state index is 0.0403. The van der Waals surface area contributed by atoms with Gasteiger partial charge in [-0.15, -0.1) is 0 Å². The second-order valence-electron chi connectivity index (χ2n) is 3.23. The summed E-state index contributed by atoms with van der Waals surface area (Å²) in [6.07, 6.45) is 3.16. The number of hydrogen-bond donors (Lipinski definition) is 1. The Labute approximate surface area is 94.7 Å². The lowest BCUT2D eigenvalue weighted by atomic mass is 10.3. The second kappa shape index (κ2) is 9.46. The maximum absolute atomic E-state index is 11.1. The second-order valence-corrected chi connectivity index (χ2v) is 4.60. The maximum atomic E-state index is 11.1. The fourth-order valence-corrected chi connectivity index (χ4v) is 1.04. The summed E-state index contributed by atoms with van der Waals surface area (Å²) in [6.45, 7) is 6.21. The molecule has 0 aliphatic carbocycles. The average molecular weight is 266 g/mol. The Hall–Kier alpha value is -0.0900. The van der Waals surface area contributed by atoms with Gasteiger partial charge in [0.1, 0.15) is 0 Å². The fourth-order valence-electron chi connectivity index (χ4n) is 0.875. The van der Waals surface area contributed by atoms with E-state index in [0.717, 1.165) is 32.5 Å². The molecule has 0 aromatic carbocycles. The number of halogens is 1. The van der Waals surface area contributed by atoms with Crippen LogP contribution in [0.1, 0.15) is 33.1 Å². The highest BCUT2D eigenvalue weighted by Gasteiger charge is 2.06. The zero-order valence-electron chi connectivity index (χ0n) is 9.01. The minimum Gasteiger partial charge on any atom is -0.381 e. The van der Waals surface area contributed by atoms with Gasteiger partial charge in [0.05, 0.1) is 4.83 Å². The smallest absolute Gasteiger partial charge is 0.233 e. The van der Waals surface area contributed by atoms with Gasteiger partial charge < -0.3 is 10.1 Å². The van der Waals surface area contributed by atoms with Crippen molar-refractivity contribution in [3.8, 4) is 0 Å². The summed E-state index contributed by atoms with van der Waals surface area (Å²) in [6, 6.07) is 0. The molecule has 1 atom stereocenters. The molecule has 0 rings (SSSR count). The van der Waals surface area contributed by atoms with Gasteiger partial charge >= 0.3 is 0 Å². The number of amides is 1. The average Bonchev–Trinajstić information content (AvgIpc) is 2.16. The van der Waals surface area contributed by atoms with Crippen LogP contribution < -0.4 is 5.32 Å². The molecule has 0 aliphatic heterocycles. The number of rotatable bonds is 8. The van der Waals surface area contributed by atoms with Gasteiger partial charge in [0.25, 0.3) is 0 Å². The van der Waals surface area contributed by atoms with Gasteiger partial charge in [-0.25, -0.2) is 0 Å². The van der Waals surface area contributed by atoms with Crippen LogP contribution in [-0.4, -0.2) is 30.5 Å². The highest BCUT2D eigenvalue weighted by Crippen LogP contribution is 1.96. The molecule has 1 N–H and O–H groups in total. The summed E-state index contributed by atoms with van der Waals surface area (Å²) >= 11 is 3.20. The quantitative estimate of drug-likeness (QED) is 0.539. The van der Waals surface area contributed by atoms with Gasteiger partial charge in [0.15, 0.2) is 0 Å². The molecule has 84 valence electrons. The van der Waals surface area contributed by atoms with Gasteiger partial charge in [-0.1, -0.05) is 29.3 Å². The number of nitrogens with one attached hydrogen (secondary N) is 1. The zero-order valence-corrected chi connectivity index (χ0v) is 10.6. The lowest BCUT2D eigenvalue weighted by Gasteiger charge is -2.06. The molecule has 1 unspecified atom stereocenters. The van der Waals surface area contributed by atoms with Gasteiger partial charge in [0, 0.05) is 19.8 Å². The minimum atomic E-state index is -0.108. The van der Waals surface area contributed by atoms with Crippen LogP contribution in [0.3, 0.4) is 0 Å². The van der Waals surface area contributed by atoms with Crippen LogP contribution in [-0.2, 0) is 9.53 Å². The number of ether oxygens (including phenoxy) is 1. The molecule has 1 amide bonds. The molecule has 3 nitrogen and oxygen atoms in total. The van der Waals surface area contributed by atoms with E-state index in [1.54, 1.807) is 0 Å². The molecule has 0 aromatic rings. The Bertz CT molecular complexity index is 151. The van der Waals surface area contributed by atoms with E-state index in [-0.39, 0.29) is 10.7 Å². The Morgan fingerprint density at radius 1 is 1.43 bits per heavy atom. The van der Waals surface area contributed by atoms with Crippen molar-refractivity contribution in [1.29, 1.82) is 0 Å². The van der Waals surface area contributed by atoms with Crippen molar-refractivity contribution >= 4 is 21.8 Å². The first-order valence-corrected chi connectivity index (χ1v) is 6.09. The first-order valence-electron chi connectivity index (χ1n) is 5.18. The standard InChI is InChI=1S/C10H20BrNO2/c1-3-4-7-14-8-5-6-12-10(13)9(2)11/h9H,3-8H2,1-2H3,(H,12,13). The van der Waals surface area contributed by atoms with Crippen LogP contribution in [0.5, 0.6) is 0 Å². The van der Waals surface area contributed by atoms with Gasteiger partial charge in [-0.05, 0) is 19.8 Å². The van der Waals surface area contributed by atoms with Crippen molar-refractivity contribution in [2.45, 2.75) is 37.9 Å². The Kier molecular flexibility index (Phi) is 9.40. The summed E-state index contributed by atoms with van der Waals surface area (Å²) in [7, 11) is 0. The largest absolute Gasteiger partial charge is 0.381 e. The molecule has 4 heteroatoms. The summed E-state index contributed by atoms with van der Waals surface area (Å²) < 4.78 is 5.35. The van der Waals surface area contributed by atoms with E-state index in [1.165, 1.54) is 0 Å². The summed E-state index contributed by atoms with van der Waals surface area (Å²) in [4.78, 5) is 11.0. The summed E-state index contributed by atoms with van der Waals surface area (Å²) in [5.41, 5.74) is 0.